The highest BCUT2D eigenvalue weighted by atomic mass is 79.9. The van der Waals surface area contributed by atoms with Crippen LogP contribution in [0.2, 0.25) is 0 Å². The molecular formula is C29H25BrFN5O2. The molecule has 0 atom stereocenters. The fourth-order valence-corrected chi connectivity index (χ4v) is 4.62. The van der Waals surface area contributed by atoms with Gasteiger partial charge in [0.25, 0.3) is 5.56 Å². The van der Waals surface area contributed by atoms with Crippen LogP contribution >= 0.6 is 15.9 Å². The molecule has 1 N–H and O–H groups in total. The summed E-state index contributed by atoms with van der Waals surface area (Å²) in [6.07, 6.45) is 3.45. The zero-order chi connectivity index (χ0) is 27.0. The maximum atomic E-state index is 13.5. The van der Waals surface area contributed by atoms with Gasteiger partial charge in [-0.3, -0.25) is 9.59 Å². The van der Waals surface area contributed by atoms with Gasteiger partial charge in [0.2, 0.25) is 5.91 Å². The average molecular weight is 574 g/mol. The van der Waals surface area contributed by atoms with Crippen LogP contribution < -0.4 is 10.9 Å². The number of hydrogen-bond acceptors (Lipinski definition) is 4. The minimum absolute atomic E-state index is 0.0461. The second-order valence-electron chi connectivity index (χ2n) is 9.99. The summed E-state index contributed by atoms with van der Waals surface area (Å²) >= 11 is 3.43. The Hall–Kier alpha value is -4.11. The highest BCUT2D eigenvalue weighted by molar-refractivity contribution is 9.10. The summed E-state index contributed by atoms with van der Waals surface area (Å²) in [5.41, 5.74) is 2.00. The van der Waals surface area contributed by atoms with E-state index in [2.05, 4.69) is 26.3 Å². The SMILES string of the molecule is CC(C)(C)c1nc2ccc(Br)cc2c(=O)n1N=Cc1cn(CC(=O)Nc2ccc(F)cc2)c2ccccc12. The Morgan fingerprint density at radius 2 is 1.82 bits per heavy atom. The first-order valence-corrected chi connectivity index (χ1v) is 12.8. The highest BCUT2D eigenvalue weighted by Gasteiger charge is 2.23. The molecule has 2 aromatic heterocycles. The summed E-state index contributed by atoms with van der Waals surface area (Å²) < 4.78 is 17.1. The molecule has 3 aromatic carbocycles. The number of carbonyl (C=O) groups is 1. The summed E-state index contributed by atoms with van der Waals surface area (Å²) in [7, 11) is 0. The summed E-state index contributed by atoms with van der Waals surface area (Å²) in [6, 6.07) is 18.7. The molecule has 0 aliphatic carbocycles. The van der Waals surface area contributed by atoms with E-state index < -0.39 is 5.41 Å². The number of benzene rings is 3. The Labute approximate surface area is 226 Å². The number of amides is 1. The molecule has 0 aliphatic heterocycles. The first-order valence-electron chi connectivity index (χ1n) is 12.0. The van der Waals surface area contributed by atoms with Crippen LogP contribution in [-0.2, 0) is 16.8 Å². The highest BCUT2D eigenvalue weighted by Crippen LogP contribution is 2.24. The molecule has 2 heterocycles. The molecule has 9 heteroatoms. The lowest BCUT2D eigenvalue weighted by atomic mass is 9.95. The van der Waals surface area contributed by atoms with Crippen molar-refractivity contribution >= 4 is 55.5 Å². The quantitative estimate of drug-likeness (QED) is 0.259. The van der Waals surface area contributed by atoms with Crippen molar-refractivity contribution in [3.05, 3.63) is 105 Å². The fraction of sp³-hybridized carbons (Fsp3) is 0.172. The van der Waals surface area contributed by atoms with Crippen molar-refractivity contribution in [1.82, 2.24) is 14.2 Å². The minimum atomic E-state index is -0.440. The first kappa shape index (κ1) is 25.5. The molecule has 1 amide bonds. The second-order valence-corrected chi connectivity index (χ2v) is 10.9. The lowest BCUT2D eigenvalue weighted by Crippen LogP contribution is -2.29. The molecule has 0 fully saturated rings. The molecule has 0 radical (unpaired) electrons. The Bertz CT molecular complexity index is 1760. The van der Waals surface area contributed by atoms with E-state index in [0.717, 1.165) is 20.9 Å². The number of nitrogens with one attached hydrogen (secondary N) is 1. The Morgan fingerprint density at radius 1 is 1.08 bits per heavy atom. The smallest absolute Gasteiger partial charge is 0.282 e. The van der Waals surface area contributed by atoms with E-state index in [9.17, 15) is 14.0 Å². The average Bonchev–Trinajstić information content (AvgIpc) is 3.21. The molecule has 0 saturated carbocycles. The summed E-state index contributed by atoms with van der Waals surface area (Å²) in [5.74, 6) is -0.0846. The molecule has 5 rings (SSSR count). The molecule has 0 unspecified atom stereocenters. The van der Waals surface area contributed by atoms with Gasteiger partial charge in [0.1, 0.15) is 18.2 Å². The largest absolute Gasteiger partial charge is 0.337 e. The van der Waals surface area contributed by atoms with Gasteiger partial charge < -0.3 is 9.88 Å². The Balaban J connectivity index is 1.53. The molecule has 7 nitrogen and oxygen atoms in total. The van der Waals surface area contributed by atoms with E-state index in [1.807, 2.05) is 67.9 Å². The van der Waals surface area contributed by atoms with Crippen molar-refractivity contribution in [2.75, 3.05) is 5.32 Å². The summed E-state index contributed by atoms with van der Waals surface area (Å²) in [6.45, 7) is 6.00. The minimum Gasteiger partial charge on any atom is -0.337 e. The van der Waals surface area contributed by atoms with Crippen LogP contribution in [0.3, 0.4) is 0 Å². The van der Waals surface area contributed by atoms with Crippen LogP contribution in [0.15, 0.2) is 87.3 Å². The predicted molar refractivity (Wildman–Crippen MR) is 152 cm³/mol. The van der Waals surface area contributed by atoms with E-state index in [1.165, 1.54) is 28.9 Å². The zero-order valence-electron chi connectivity index (χ0n) is 21.1. The maximum absolute atomic E-state index is 13.5. The van der Waals surface area contributed by atoms with Gasteiger partial charge in [0.05, 0.1) is 17.1 Å². The Kier molecular flexibility index (Phi) is 6.71. The molecule has 38 heavy (non-hydrogen) atoms. The molecule has 0 bridgehead atoms. The van der Waals surface area contributed by atoms with Crippen LogP contribution in [0.4, 0.5) is 10.1 Å². The molecule has 0 spiro atoms. The first-order chi connectivity index (χ1) is 18.1. The van der Waals surface area contributed by atoms with Gasteiger partial charge in [0.15, 0.2) is 0 Å². The van der Waals surface area contributed by atoms with Gasteiger partial charge in [-0.25, -0.2) is 9.37 Å². The van der Waals surface area contributed by atoms with Crippen molar-refractivity contribution in [2.24, 2.45) is 5.10 Å². The zero-order valence-corrected chi connectivity index (χ0v) is 22.7. The van der Waals surface area contributed by atoms with Gasteiger partial charge in [-0.2, -0.15) is 9.78 Å². The van der Waals surface area contributed by atoms with Crippen LogP contribution in [0.1, 0.15) is 32.2 Å². The monoisotopic (exact) mass is 573 g/mol. The van der Waals surface area contributed by atoms with E-state index >= 15 is 0 Å². The van der Waals surface area contributed by atoms with Crippen LogP contribution in [-0.4, -0.2) is 26.3 Å². The fourth-order valence-electron chi connectivity index (χ4n) is 4.26. The van der Waals surface area contributed by atoms with E-state index in [0.29, 0.717) is 22.4 Å². The van der Waals surface area contributed by atoms with E-state index in [4.69, 9.17) is 4.98 Å². The number of carbonyl (C=O) groups excluding carboxylic acids is 1. The number of halogens is 2. The Morgan fingerprint density at radius 3 is 2.55 bits per heavy atom. The molecule has 0 saturated heterocycles. The maximum Gasteiger partial charge on any atom is 0.282 e. The molecule has 5 aromatic rings. The number of rotatable bonds is 5. The summed E-state index contributed by atoms with van der Waals surface area (Å²) in [5, 5.41) is 8.72. The summed E-state index contributed by atoms with van der Waals surface area (Å²) in [4.78, 5) is 31.0. The van der Waals surface area contributed by atoms with Crippen LogP contribution in [0.25, 0.3) is 21.8 Å². The lowest BCUT2D eigenvalue weighted by Gasteiger charge is -2.20. The third-order valence-corrected chi connectivity index (χ3v) is 6.55. The van der Waals surface area contributed by atoms with Crippen molar-refractivity contribution in [1.29, 1.82) is 0 Å². The topological polar surface area (TPSA) is 81.3 Å². The van der Waals surface area contributed by atoms with Crippen molar-refractivity contribution in [2.45, 2.75) is 32.7 Å². The number of aromatic nitrogens is 3. The normalized spacial score (nSPS) is 12.0. The second kappa shape index (κ2) is 9.98. The third kappa shape index (κ3) is 5.15. The van der Waals surface area contributed by atoms with Crippen molar-refractivity contribution in [3.63, 3.8) is 0 Å². The third-order valence-electron chi connectivity index (χ3n) is 6.05. The number of nitrogens with zero attached hydrogens (tertiary/aromatic N) is 4. The van der Waals surface area contributed by atoms with Gasteiger partial charge in [-0.1, -0.05) is 54.9 Å². The number of anilines is 1. The number of fused-ring (bicyclic) bond motifs is 2. The van der Waals surface area contributed by atoms with E-state index in [-0.39, 0.29) is 23.8 Å². The predicted octanol–water partition coefficient (Wildman–Crippen LogP) is 6.07. The number of hydrogen-bond donors (Lipinski definition) is 1. The van der Waals surface area contributed by atoms with Gasteiger partial charge in [0, 0.05) is 38.2 Å². The van der Waals surface area contributed by atoms with Crippen LogP contribution in [0, 0.1) is 5.82 Å². The van der Waals surface area contributed by atoms with Crippen molar-refractivity contribution < 1.29 is 9.18 Å². The molecule has 0 aliphatic rings. The standard InChI is InChI=1S/C29H25BrFN5O2/c1-29(2,3)28-34-24-13-8-19(30)14-23(24)27(38)36(28)32-15-18-16-35(25-7-5-4-6-22(18)25)17-26(37)33-21-11-9-20(31)10-12-21/h4-16H,17H2,1-3H3,(H,33,37). The van der Waals surface area contributed by atoms with Crippen LogP contribution in [0.5, 0.6) is 0 Å². The molecular weight excluding hydrogens is 549 g/mol. The van der Waals surface area contributed by atoms with Gasteiger partial charge >= 0.3 is 0 Å². The molecule has 192 valence electrons. The lowest BCUT2D eigenvalue weighted by molar-refractivity contribution is -0.116. The number of para-hydroxylation sites is 1. The van der Waals surface area contributed by atoms with Gasteiger partial charge in [-0.05, 0) is 48.5 Å². The van der Waals surface area contributed by atoms with Crippen molar-refractivity contribution in [3.8, 4) is 0 Å². The van der Waals surface area contributed by atoms with Gasteiger partial charge in [-0.15, -0.1) is 0 Å². The van der Waals surface area contributed by atoms with E-state index in [1.54, 1.807) is 12.3 Å².